The molecule has 0 fully saturated rings. The summed E-state index contributed by atoms with van der Waals surface area (Å²) in [4.78, 5) is 0. The first-order chi connectivity index (χ1) is 15.2. The van der Waals surface area contributed by atoms with Gasteiger partial charge in [-0.1, -0.05) is 65.3 Å². The molecule has 0 atom stereocenters. The number of thioether (sulfide) groups is 1. The molecule has 0 saturated heterocycles. The Kier molecular flexibility index (Phi) is 7.25. The van der Waals surface area contributed by atoms with Gasteiger partial charge in [0.25, 0.3) is 0 Å². The van der Waals surface area contributed by atoms with Crippen LogP contribution in [0.4, 0.5) is 0 Å². The third kappa shape index (κ3) is 6.10. The second-order valence-electron chi connectivity index (χ2n) is 6.57. The lowest BCUT2D eigenvalue weighted by atomic mass is 10.2. The van der Waals surface area contributed by atoms with E-state index in [9.17, 15) is 0 Å². The Hall–Kier alpha value is -2.80. The van der Waals surface area contributed by atoms with Crippen molar-refractivity contribution in [2.45, 2.75) is 17.5 Å². The van der Waals surface area contributed by atoms with Crippen LogP contribution < -0.4 is 4.74 Å². The van der Waals surface area contributed by atoms with Crippen LogP contribution >= 0.6 is 35.0 Å². The molecule has 5 nitrogen and oxygen atoms in total. The molecule has 1 heterocycles. The Morgan fingerprint density at radius 3 is 2.52 bits per heavy atom. The van der Waals surface area contributed by atoms with E-state index in [1.807, 2.05) is 72.8 Å². The van der Waals surface area contributed by atoms with Crippen molar-refractivity contribution in [2.24, 2.45) is 5.10 Å². The zero-order chi connectivity index (χ0) is 21.5. The number of hydrogen-bond acceptors (Lipinski definition) is 5. The fourth-order valence-corrected chi connectivity index (χ4v) is 3.95. The molecule has 31 heavy (non-hydrogen) atoms. The molecule has 0 unspecified atom stereocenters. The van der Waals surface area contributed by atoms with E-state index >= 15 is 0 Å². The second kappa shape index (κ2) is 10.5. The standard InChI is InChI=1S/C23H18Cl2N4OS/c24-20-9-5-18(6-10-20)14-30-21-11-7-17(8-12-21)13-27-29-16-26-28-23(29)31-15-19-3-1-2-4-22(19)25/h1-13,16H,14-15H2/b27-13+. The first-order valence-corrected chi connectivity index (χ1v) is 11.2. The maximum atomic E-state index is 6.22. The van der Waals surface area contributed by atoms with Crippen molar-refractivity contribution >= 4 is 41.2 Å². The Morgan fingerprint density at radius 2 is 1.74 bits per heavy atom. The van der Waals surface area contributed by atoms with E-state index in [-0.39, 0.29) is 0 Å². The molecule has 0 radical (unpaired) electrons. The van der Waals surface area contributed by atoms with Gasteiger partial charge in [0.15, 0.2) is 0 Å². The fraction of sp³-hybridized carbons (Fsp3) is 0.0870. The predicted octanol–water partition coefficient (Wildman–Crippen LogP) is 6.34. The molecular weight excluding hydrogens is 451 g/mol. The minimum atomic E-state index is 0.483. The molecule has 4 rings (SSSR count). The zero-order valence-corrected chi connectivity index (χ0v) is 18.7. The van der Waals surface area contributed by atoms with E-state index in [2.05, 4.69) is 15.3 Å². The molecule has 0 bridgehead atoms. The minimum Gasteiger partial charge on any atom is -0.489 e. The Bertz CT molecular complexity index is 1160. The normalized spacial score (nSPS) is 11.2. The quantitative estimate of drug-likeness (QED) is 0.223. The number of rotatable bonds is 8. The summed E-state index contributed by atoms with van der Waals surface area (Å²) in [6.45, 7) is 0.483. The molecule has 3 aromatic carbocycles. The number of aromatic nitrogens is 3. The van der Waals surface area contributed by atoms with Crippen molar-refractivity contribution < 1.29 is 4.74 Å². The van der Waals surface area contributed by atoms with Crippen molar-refractivity contribution in [2.75, 3.05) is 0 Å². The van der Waals surface area contributed by atoms with Crippen molar-refractivity contribution in [3.8, 4) is 5.75 Å². The number of benzene rings is 3. The van der Waals surface area contributed by atoms with Gasteiger partial charge in [-0.3, -0.25) is 0 Å². The molecule has 0 spiro atoms. The van der Waals surface area contributed by atoms with Crippen LogP contribution in [-0.2, 0) is 12.4 Å². The molecule has 0 aliphatic heterocycles. The van der Waals surface area contributed by atoms with Gasteiger partial charge in [-0.15, -0.1) is 10.2 Å². The molecule has 0 saturated carbocycles. The highest BCUT2D eigenvalue weighted by Crippen LogP contribution is 2.25. The fourth-order valence-electron chi connectivity index (χ4n) is 2.68. The van der Waals surface area contributed by atoms with Crippen LogP contribution in [0.5, 0.6) is 5.75 Å². The first kappa shape index (κ1) is 21.4. The van der Waals surface area contributed by atoms with Gasteiger partial charge in [-0.05, 0) is 59.2 Å². The lowest BCUT2D eigenvalue weighted by molar-refractivity contribution is 0.306. The van der Waals surface area contributed by atoms with Crippen LogP contribution in [0.2, 0.25) is 10.0 Å². The minimum absolute atomic E-state index is 0.483. The number of ether oxygens (including phenoxy) is 1. The van der Waals surface area contributed by atoms with E-state index in [1.165, 1.54) is 11.8 Å². The predicted molar refractivity (Wildman–Crippen MR) is 126 cm³/mol. The van der Waals surface area contributed by atoms with Gasteiger partial charge < -0.3 is 4.74 Å². The SMILES string of the molecule is Clc1ccc(COc2ccc(/C=N/n3cnnc3SCc3ccccc3Cl)cc2)cc1. The molecule has 156 valence electrons. The van der Waals surface area contributed by atoms with Crippen LogP contribution in [0.25, 0.3) is 0 Å². The molecule has 0 aliphatic rings. The Labute approximate surface area is 194 Å². The lowest BCUT2D eigenvalue weighted by Gasteiger charge is -2.06. The maximum absolute atomic E-state index is 6.22. The number of hydrogen-bond donors (Lipinski definition) is 0. The van der Waals surface area contributed by atoms with Crippen molar-refractivity contribution in [3.05, 3.63) is 106 Å². The molecule has 0 N–H and O–H groups in total. The van der Waals surface area contributed by atoms with Crippen LogP contribution in [0, 0.1) is 0 Å². The summed E-state index contributed by atoms with van der Waals surface area (Å²) in [5, 5.41) is 14.7. The van der Waals surface area contributed by atoms with Crippen LogP contribution in [0.15, 0.2) is 89.4 Å². The van der Waals surface area contributed by atoms with E-state index in [0.717, 1.165) is 27.5 Å². The topological polar surface area (TPSA) is 52.3 Å². The average Bonchev–Trinajstić information content (AvgIpc) is 3.25. The van der Waals surface area contributed by atoms with Gasteiger partial charge in [-0.25, -0.2) is 0 Å². The summed E-state index contributed by atoms with van der Waals surface area (Å²) in [6.07, 6.45) is 3.33. The molecular formula is C23H18Cl2N4OS. The van der Waals surface area contributed by atoms with Gasteiger partial charge in [-0.2, -0.15) is 9.78 Å². The van der Waals surface area contributed by atoms with E-state index < -0.39 is 0 Å². The van der Waals surface area contributed by atoms with Crippen molar-refractivity contribution in [1.82, 2.24) is 14.9 Å². The summed E-state index contributed by atoms with van der Waals surface area (Å²) < 4.78 is 7.46. The summed E-state index contributed by atoms with van der Waals surface area (Å²) in [5.74, 6) is 1.47. The van der Waals surface area contributed by atoms with Gasteiger partial charge in [0.05, 0.1) is 6.21 Å². The van der Waals surface area contributed by atoms with E-state index in [4.69, 9.17) is 27.9 Å². The third-order valence-electron chi connectivity index (χ3n) is 4.34. The van der Waals surface area contributed by atoms with Crippen LogP contribution in [0.1, 0.15) is 16.7 Å². The molecule has 8 heteroatoms. The van der Waals surface area contributed by atoms with Gasteiger partial charge in [0.2, 0.25) is 5.16 Å². The van der Waals surface area contributed by atoms with Crippen molar-refractivity contribution in [3.63, 3.8) is 0 Å². The largest absolute Gasteiger partial charge is 0.489 e. The molecule has 0 aliphatic carbocycles. The Morgan fingerprint density at radius 1 is 0.968 bits per heavy atom. The highest BCUT2D eigenvalue weighted by Gasteiger charge is 2.06. The van der Waals surface area contributed by atoms with Gasteiger partial charge >= 0.3 is 0 Å². The summed E-state index contributed by atoms with van der Waals surface area (Å²) in [5.41, 5.74) is 3.04. The summed E-state index contributed by atoms with van der Waals surface area (Å²) in [7, 11) is 0. The van der Waals surface area contributed by atoms with Crippen LogP contribution in [-0.4, -0.2) is 21.1 Å². The second-order valence-corrected chi connectivity index (χ2v) is 8.35. The zero-order valence-electron chi connectivity index (χ0n) is 16.4. The number of nitrogens with zero attached hydrogens (tertiary/aromatic N) is 4. The van der Waals surface area contributed by atoms with E-state index in [0.29, 0.717) is 22.5 Å². The first-order valence-electron chi connectivity index (χ1n) is 9.45. The monoisotopic (exact) mass is 468 g/mol. The average molecular weight is 469 g/mol. The highest BCUT2D eigenvalue weighted by molar-refractivity contribution is 7.98. The molecule has 1 aromatic heterocycles. The highest BCUT2D eigenvalue weighted by atomic mass is 35.5. The smallest absolute Gasteiger partial charge is 0.212 e. The van der Waals surface area contributed by atoms with Gasteiger partial charge in [0, 0.05) is 15.8 Å². The molecule has 0 amide bonds. The van der Waals surface area contributed by atoms with Crippen LogP contribution in [0.3, 0.4) is 0 Å². The van der Waals surface area contributed by atoms with Gasteiger partial charge in [0.1, 0.15) is 18.7 Å². The lowest BCUT2D eigenvalue weighted by Crippen LogP contribution is -1.96. The Balaban J connectivity index is 1.34. The maximum Gasteiger partial charge on any atom is 0.212 e. The summed E-state index contributed by atoms with van der Waals surface area (Å²) >= 11 is 13.7. The summed E-state index contributed by atoms with van der Waals surface area (Å²) in [6, 6.07) is 23.1. The number of halogens is 2. The molecule has 4 aromatic rings. The van der Waals surface area contributed by atoms with Crippen molar-refractivity contribution in [1.29, 1.82) is 0 Å². The van der Waals surface area contributed by atoms with E-state index in [1.54, 1.807) is 17.2 Å². The third-order valence-corrected chi connectivity index (χ3v) is 5.95.